The molecule has 6 nitrogen and oxygen atoms in total. The molecule has 21 heavy (non-hydrogen) atoms. The summed E-state index contributed by atoms with van der Waals surface area (Å²) in [4.78, 5) is 25.5. The molecule has 1 heterocycles. The molecule has 114 valence electrons. The maximum absolute atomic E-state index is 12.6. The van der Waals surface area contributed by atoms with E-state index in [1.54, 1.807) is 29.2 Å². The summed E-state index contributed by atoms with van der Waals surface area (Å²) in [6, 6.07) is 6.92. The fourth-order valence-electron chi connectivity index (χ4n) is 2.51. The second kappa shape index (κ2) is 7.08. The number of ether oxygens (including phenoxy) is 1. The van der Waals surface area contributed by atoms with Gasteiger partial charge in [-0.1, -0.05) is 12.1 Å². The van der Waals surface area contributed by atoms with E-state index < -0.39 is 5.97 Å². The third-order valence-corrected chi connectivity index (χ3v) is 3.66. The van der Waals surface area contributed by atoms with Crippen LogP contribution in [0.5, 0.6) is 0 Å². The number of anilines is 1. The van der Waals surface area contributed by atoms with Crippen LogP contribution in [0.15, 0.2) is 24.3 Å². The molecular formula is C15H20N2O4. The van der Waals surface area contributed by atoms with Gasteiger partial charge in [0, 0.05) is 12.2 Å². The minimum Gasteiger partial charge on any atom is -0.468 e. The van der Waals surface area contributed by atoms with Crippen molar-refractivity contribution in [1.29, 1.82) is 0 Å². The Balaban J connectivity index is 2.15. The number of para-hydroxylation sites is 1. The summed E-state index contributed by atoms with van der Waals surface area (Å²) in [5.41, 5.74) is 1.10. The van der Waals surface area contributed by atoms with E-state index in [0.29, 0.717) is 17.8 Å². The first kappa shape index (κ1) is 15.3. The summed E-state index contributed by atoms with van der Waals surface area (Å²) < 4.78 is 4.58. The predicted molar refractivity (Wildman–Crippen MR) is 78.1 cm³/mol. The molecule has 0 aliphatic carbocycles. The first-order chi connectivity index (χ1) is 10.2. The number of aliphatic hydroxyl groups is 1. The van der Waals surface area contributed by atoms with Crippen molar-refractivity contribution in [3.63, 3.8) is 0 Å². The number of hydrogen-bond acceptors (Lipinski definition) is 5. The van der Waals surface area contributed by atoms with Crippen LogP contribution in [-0.2, 0) is 9.53 Å². The van der Waals surface area contributed by atoms with Gasteiger partial charge in [0.15, 0.2) is 0 Å². The standard InChI is InChI=1S/C15H20N2O4/c1-21-14(19)9-16-13-7-3-2-6-12(13)15(20)17-8-4-5-11(17)10-18/h2-3,6-7,11,16,18H,4-5,8-10H2,1H3/t11-/m0/s1. The van der Waals surface area contributed by atoms with Gasteiger partial charge in [0.05, 0.1) is 25.3 Å². The van der Waals surface area contributed by atoms with Crippen LogP contribution in [0.3, 0.4) is 0 Å². The molecule has 1 aromatic carbocycles. The smallest absolute Gasteiger partial charge is 0.325 e. The van der Waals surface area contributed by atoms with Crippen molar-refractivity contribution in [2.75, 3.05) is 32.1 Å². The Bertz CT molecular complexity index is 518. The van der Waals surface area contributed by atoms with E-state index in [9.17, 15) is 14.7 Å². The first-order valence-corrected chi connectivity index (χ1v) is 6.99. The number of methoxy groups -OCH3 is 1. The highest BCUT2D eigenvalue weighted by molar-refractivity contribution is 6.00. The van der Waals surface area contributed by atoms with Gasteiger partial charge in [0.2, 0.25) is 0 Å². The van der Waals surface area contributed by atoms with Crippen molar-refractivity contribution in [3.05, 3.63) is 29.8 Å². The third-order valence-electron chi connectivity index (χ3n) is 3.66. The molecule has 6 heteroatoms. The Morgan fingerprint density at radius 2 is 2.19 bits per heavy atom. The van der Waals surface area contributed by atoms with Crippen molar-refractivity contribution in [3.8, 4) is 0 Å². The first-order valence-electron chi connectivity index (χ1n) is 6.99. The van der Waals surface area contributed by atoms with Gasteiger partial charge in [-0.2, -0.15) is 0 Å². The Labute approximate surface area is 123 Å². The lowest BCUT2D eigenvalue weighted by Crippen LogP contribution is -2.38. The molecule has 0 unspecified atom stereocenters. The fourth-order valence-corrected chi connectivity index (χ4v) is 2.51. The van der Waals surface area contributed by atoms with Crippen LogP contribution in [0.4, 0.5) is 5.69 Å². The summed E-state index contributed by atoms with van der Waals surface area (Å²) in [6.07, 6.45) is 1.72. The normalized spacial score (nSPS) is 17.6. The summed E-state index contributed by atoms with van der Waals surface area (Å²) in [5, 5.41) is 12.3. The predicted octanol–water partition coefficient (Wildman–Crippen LogP) is 0.868. The topological polar surface area (TPSA) is 78.9 Å². The molecule has 1 fully saturated rings. The van der Waals surface area contributed by atoms with Gasteiger partial charge in [0.1, 0.15) is 6.54 Å². The number of amides is 1. The number of likely N-dealkylation sites (tertiary alicyclic amines) is 1. The number of esters is 1. The summed E-state index contributed by atoms with van der Waals surface area (Å²) in [6.45, 7) is 0.628. The maximum atomic E-state index is 12.6. The number of aliphatic hydroxyl groups excluding tert-OH is 1. The van der Waals surface area contributed by atoms with Crippen LogP contribution in [0.2, 0.25) is 0 Å². The lowest BCUT2D eigenvalue weighted by molar-refractivity contribution is -0.138. The second-order valence-corrected chi connectivity index (χ2v) is 4.95. The molecular weight excluding hydrogens is 272 g/mol. The van der Waals surface area contributed by atoms with Gasteiger partial charge in [0.25, 0.3) is 5.91 Å². The van der Waals surface area contributed by atoms with Gasteiger partial charge < -0.3 is 20.1 Å². The Hall–Kier alpha value is -2.08. The van der Waals surface area contributed by atoms with Gasteiger partial charge in [-0.05, 0) is 25.0 Å². The lowest BCUT2D eigenvalue weighted by Gasteiger charge is -2.24. The molecule has 1 amide bonds. The van der Waals surface area contributed by atoms with Crippen LogP contribution < -0.4 is 5.32 Å². The molecule has 0 spiro atoms. The van der Waals surface area contributed by atoms with Gasteiger partial charge in [-0.3, -0.25) is 9.59 Å². The van der Waals surface area contributed by atoms with Crippen molar-refractivity contribution >= 4 is 17.6 Å². The van der Waals surface area contributed by atoms with E-state index in [-0.39, 0.29) is 25.1 Å². The molecule has 1 aliphatic heterocycles. The molecule has 1 aromatic rings. The Morgan fingerprint density at radius 3 is 2.90 bits per heavy atom. The Morgan fingerprint density at radius 1 is 1.43 bits per heavy atom. The van der Waals surface area contributed by atoms with E-state index >= 15 is 0 Å². The Kier molecular flexibility index (Phi) is 5.16. The fraction of sp³-hybridized carbons (Fsp3) is 0.467. The minimum absolute atomic E-state index is 0.00419. The zero-order chi connectivity index (χ0) is 15.2. The van der Waals surface area contributed by atoms with E-state index in [0.717, 1.165) is 12.8 Å². The maximum Gasteiger partial charge on any atom is 0.325 e. The van der Waals surface area contributed by atoms with E-state index in [4.69, 9.17) is 0 Å². The van der Waals surface area contributed by atoms with Crippen molar-refractivity contribution in [2.24, 2.45) is 0 Å². The third kappa shape index (κ3) is 3.52. The number of benzene rings is 1. The van der Waals surface area contributed by atoms with E-state index in [1.165, 1.54) is 7.11 Å². The van der Waals surface area contributed by atoms with Crippen LogP contribution >= 0.6 is 0 Å². The van der Waals surface area contributed by atoms with Crippen LogP contribution in [0.1, 0.15) is 23.2 Å². The highest BCUT2D eigenvalue weighted by Crippen LogP contribution is 2.23. The average molecular weight is 292 g/mol. The number of carbonyl (C=O) groups is 2. The highest BCUT2D eigenvalue weighted by Gasteiger charge is 2.29. The van der Waals surface area contributed by atoms with Crippen molar-refractivity contribution in [2.45, 2.75) is 18.9 Å². The molecule has 0 bridgehead atoms. The summed E-state index contributed by atoms with van der Waals surface area (Å²) in [7, 11) is 1.32. The van der Waals surface area contributed by atoms with E-state index in [1.807, 2.05) is 0 Å². The largest absolute Gasteiger partial charge is 0.468 e. The monoisotopic (exact) mass is 292 g/mol. The quantitative estimate of drug-likeness (QED) is 0.787. The molecule has 1 aliphatic rings. The molecule has 0 aromatic heterocycles. The number of nitrogens with zero attached hydrogens (tertiary/aromatic N) is 1. The summed E-state index contributed by atoms with van der Waals surface area (Å²) in [5.74, 6) is -0.522. The SMILES string of the molecule is COC(=O)CNc1ccccc1C(=O)N1CCC[C@H]1CO. The van der Waals surface area contributed by atoms with Crippen molar-refractivity contribution < 1.29 is 19.4 Å². The number of rotatable bonds is 5. The molecule has 2 N–H and O–H groups in total. The molecule has 2 rings (SSSR count). The molecule has 0 radical (unpaired) electrons. The number of carbonyl (C=O) groups excluding carboxylic acids is 2. The highest BCUT2D eigenvalue weighted by atomic mass is 16.5. The zero-order valence-corrected chi connectivity index (χ0v) is 12.0. The molecule has 1 saturated heterocycles. The van der Waals surface area contributed by atoms with Crippen LogP contribution in [0, 0.1) is 0 Å². The lowest BCUT2D eigenvalue weighted by atomic mass is 10.1. The second-order valence-electron chi connectivity index (χ2n) is 4.95. The molecule has 1 atom stereocenters. The van der Waals surface area contributed by atoms with E-state index in [2.05, 4.69) is 10.1 Å². The number of nitrogens with one attached hydrogen (secondary N) is 1. The number of hydrogen-bond donors (Lipinski definition) is 2. The minimum atomic E-state index is -0.397. The van der Waals surface area contributed by atoms with Crippen molar-refractivity contribution in [1.82, 2.24) is 4.90 Å². The zero-order valence-electron chi connectivity index (χ0n) is 12.0. The van der Waals surface area contributed by atoms with Crippen LogP contribution in [-0.4, -0.2) is 54.7 Å². The van der Waals surface area contributed by atoms with Gasteiger partial charge >= 0.3 is 5.97 Å². The average Bonchev–Trinajstić information content (AvgIpc) is 3.00. The summed E-state index contributed by atoms with van der Waals surface area (Å²) >= 11 is 0. The van der Waals surface area contributed by atoms with Crippen LogP contribution in [0.25, 0.3) is 0 Å². The van der Waals surface area contributed by atoms with Gasteiger partial charge in [-0.15, -0.1) is 0 Å². The molecule has 0 saturated carbocycles. The van der Waals surface area contributed by atoms with Gasteiger partial charge in [-0.25, -0.2) is 0 Å².